The summed E-state index contributed by atoms with van der Waals surface area (Å²) < 4.78 is 3.86. The fraction of sp³-hybridized carbons (Fsp3) is 0.286. The predicted molar refractivity (Wildman–Crippen MR) is 71.8 cm³/mol. The summed E-state index contributed by atoms with van der Waals surface area (Å²) in [7, 11) is 0. The summed E-state index contributed by atoms with van der Waals surface area (Å²) in [4.78, 5) is 8.67. The lowest BCUT2D eigenvalue weighted by Crippen LogP contribution is -2.10. The van der Waals surface area contributed by atoms with Crippen molar-refractivity contribution < 1.29 is 5.11 Å². The summed E-state index contributed by atoms with van der Waals surface area (Å²) in [6.45, 7) is 2.95. The van der Waals surface area contributed by atoms with Crippen LogP contribution in [0.15, 0.2) is 43.0 Å². The van der Waals surface area contributed by atoms with Crippen molar-refractivity contribution in [2.24, 2.45) is 0 Å². The third-order valence-electron chi connectivity index (χ3n) is 3.12. The molecular formula is C14H16N4O. The molecule has 0 fully saturated rings. The first-order valence-corrected chi connectivity index (χ1v) is 6.42. The topological polar surface area (TPSA) is 55.3 Å². The monoisotopic (exact) mass is 256 g/mol. The van der Waals surface area contributed by atoms with Gasteiger partial charge in [0.2, 0.25) is 0 Å². The highest BCUT2D eigenvalue weighted by Crippen LogP contribution is 2.20. The molecule has 19 heavy (non-hydrogen) atoms. The van der Waals surface area contributed by atoms with E-state index in [-0.39, 0.29) is 0 Å². The summed E-state index contributed by atoms with van der Waals surface area (Å²) in [5.74, 6) is 0.644. The third kappa shape index (κ3) is 2.13. The van der Waals surface area contributed by atoms with Crippen LogP contribution in [0.2, 0.25) is 0 Å². The Labute approximate surface area is 111 Å². The number of pyridine rings is 1. The average Bonchev–Trinajstić information content (AvgIpc) is 3.04. The normalized spacial score (nSPS) is 12.9. The molecule has 1 atom stereocenters. The van der Waals surface area contributed by atoms with Crippen LogP contribution in [0.25, 0.3) is 5.65 Å². The van der Waals surface area contributed by atoms with Crippen molar-refractivity contribution in [3.05, 3.63) is 54.5 Å². The quantitative estimate of drug-likeness (QED) is 0.777. The predicted octanol–water partition coefficient (Wildman–Crippen LogP) is 2.02. The standard InChI is InChI=1S/C14H16N4O/c1-2-7-17-9-6-15-14(17)13(19)11-10-18-8-4-3-5-12(18)16-11/h3-6,8-10,13,19H,2,7H2,1H3. The number of nitrogens with zero attached hydrogens (tertiary/aromatic N) is 4. The number of aliphatic hydroxyl groups excluding tert-OH is 1. The van der Waals surface area contributed by atoms with Gasteiger partial charge in [-0.15, -0.1) is 0 Å². The second-order valence-corrected chi connectivity index (χ2v) is 4.51. The van der Waals surface area contributed by atoms with Gasteiger partial charge in [0.15, 0.2) is 6.10 Å². The van der Waals surface area contributed by atoms with Gasteiger partial charge in [-0.3, -0.25) is 0 Å². The second-order valence-electron chi connectivity index (χ2n) is 4.51. The highest BCUT2D eigenvalue weighted by molar-refractivity contribution is 5.40. The second kappa shape index (κ2) is 4.85. The maximum atomic E-state index is 10.4. The molecule has 1 unspecified atom stereocenters. The summed E-state index contributed by atoms with van der Waals surface area (Å²) in [6, 6.07) is 5.77. The molecule has 98 valence electrons. The van der Waals surface area contributed by atoms with Gasteiger partial charge >= 0.3 is 0 Å². The summed E-state index contributed by atoms with van der Waals surface area (Å²) in [6.07, 6.45) is 7.56. The van der Waals surface area contributed by atoms with E-state index >= 15 is 0 Å². The summed E-state index contributed by atoms with van der Waals surface area (Å²) in [5.41, 5.74) is 1.44. The Morgan fingerprint density at radius 1 is 1.32 bits per heavy atom. The Morgan fingerprint density at radius 3 is 3.00 bits per heavy atom. The van der Waals surface area contributed by atoms with Gasteiger partial charge in [-0.05, 0) is 18.6 Å². The smallest absolute Gasteiger partial charge is 0.155 e. The lowest BCUT2D eigenvalue weighted by atomic mass is 10.2. The molecule has 0 aliphatic carbocycles. The number of aryl methyl sites for hydroxylation is 1. The van der Waals surface area contributed by atoms with E-state index in [2.05, 4.69) is 16.9 Å². The van der Waals surface area contributed by atoms with Gasteiger partial charge in [-0.25, -0.2) is 9.97 Å². The van der Waals surface area contributed by atoms with Crippen molar-refractivity contribution in [3.8, 4) is 0 Å². The van der Waals surface area contributed by atoms with E-state index in [9.17, 15) is 5.11 Å². The van der Waals surface area contributed by atoms with Crippen LogP contribution < -0.4 is 0 Å². The molecule has 0 aliphatic rings. The zero-order chi connectivity index (χ0) is 13.2. The van der Waals surface area contributed by atoms with E-state index in [1.807, 2.05) is 45.8 Å². The number of rotatable bonds is 4. The maximum Gasteiger partial charge on any atom is 0.155 e. The molecule has 0 spiro atoms. The van der Waals surface area contributed by atoms with Gasteiger partial charge in [0.1, 0.15) is 11.5 Å². The summed E-state index contributed by atoms with van der Waals surface area (Å²) >= 11 is 0. The molecule has 0 saturated heterocycles. The Kier molecular flexibility index (Phi) is 3.05. The van der Waals surface area contributed by atoms with E-state index in [1.165, 1.54) is 0 Å². The number of hydrogen-bond donors (Lipinski definition) is 1. The molecule has 3 rings (SSSR count). The van der Waals surface area contributed by atoms with Crippen LogP contribution in [-0.4, -0.2) is 24.0 Å². The number of hydrogen-bond acceptors (Lipinski definition) is 3. The lowest BCUT2D eigenvalue weighted by Gasteiger charge is -2.10. The molecule has 1 N–H and O–H groups in total. The minimum absolute atomic E-state index is 0.620. The van der Waals surface area contributed by atoms with Crippen molar-refractivity contribution in [3.63, 3.8) is 0 Å². The first kappa shape index (κ1) is 11.9. The van der Waals surface area contributed by atoms with E-state index in [1.54, 1.807) is 6.20 Å². The molecular weight excluding hydrogens is 240 g/mol. The van der Waals surface area contributed by atoms with Crippen LogP contribution in [0, 0.1) is 0 Å². The SMILES string of the molecule is CCCn1ccnc1C(O)c1cn2ccccc2n1. The minimum Gasteiger partial charge on any atom is -0.379 e. The molecule has 0 radical (unpaired) electrons. The molecule has 5 heteroatoms. The molecule has 3 heterocycles. The summed E-state index contributed by atoms with van der Waals surface area (Å²) in [5, 5.41) is 10.4. The number of aliphatic hydroxyl groups is 1. The lowest BCUT2D eigenvalue weighted by molar-refractivity contribution is 0.200. The van der Waals surface area contributed by atoms with Crippen molar-refractivity contribution in [1.29, 1.82) is 0 Å². The molecule has 0 bridgehead atoms. The largest absolute Gasteiger partial charge is 0.379 e. The van der Waals surface area contributed by atoms with Gasteiger partial charge in [-0.2, -0.15) is 0 Å². The van der Waals surface area contributed by atoms with Crippen molar-refractivity contribution >= 4 is 5.65 Å². The van der Waals surface area contributed by atoms with Gasteiger partial charge < -0.3 is 14.1 Å². The average molecular weight is 256 g/mol. The number of imidazole rings is 2. The Morgan fingerprint density at radius 2 is 2.21 bits per heavy atom. The maximum absolute atomic E-state index is 10.4. The van der Waals surface area contributed by atoms with Gasteiger partial charge in [-0.1, -0.05) is 13.0 Å². The highest BCUT2D eigenvalue weighted by atomic mass is 16.3. The van der Waals surface area contributed by atoms with Crippen LogP contribution in [0.1, 0.15) is 31.0 Å². The van der Waals surface area contributed by atoms with Gasteiger partial charge in [0, 0.05) is 31.3 Å². The number of fused-ring (bicyclic) bond motifs is 1. The zero-order valence-corrected chi connectivity index (χ0v) is 10.8. The van der Waals surface area contributed by atoms with Crippen molar-refractivity contribution in [2.45, 2.75) is 26.0 Å². The van der Waals surface area contributed by atoms with Crippen molar-refractivity contribution in [2.75, 3.05) is 0 Å². The van der Waals surface area contributed by atoms with E-state index in [0.29, 0.717) is 11.5 Å². The first-order valence-electron chi connectivity index (χ1n) is 6.42. The van der Waals surface area contributed by atoms with Crippen LogP contribution in [0.4, 0.5) is 0 Å². The molecule has 0 amide bonds. The fourth-order valence-electron chi connectivity index (χ4n) is 2.22. The van der Waals surface area contributed by atoms with E-state index in [4.69, 9.17) is 0 Å². The van der Waals surface area contributed by atoms with Crippen LogP contribution in [0.3, 0.4) is 0 Å². The zero-order valence-electron chi connectivity index (χ0n) is 10.8. The van der Waals surface area contributed by atoms with Gasteiger partial charge in [0.05, 0.1) is 5.69 Å². The molecule has 3 aromatic heterocycles. The van der Waals surface area contributed by atoms with Crippen LogP contribution in [-0.2, 0) is 6.54 Å². The molecule has 5 nitrogen and oxygen atoms in total. The Hall–Kier alpha value is -2.14. The highest BCUT2D eigenvalue weighted by Gasteiger charge is 2.18. The number of aromatic nitrogens is 4. The minimum atomic E-state index is -0.790. The molecule has 0 aromatic carbocycles. The Balaban J connectivity index is 1.98. The van der Waals surface area contributed by atoms with E-state index in [0.717, 1.165) is 18.6 Å². The molecule has 0 aliphatic heterocycles. The molecule has 0 saturated carbocycles. The van der Waals surface area contributed by atoms with Crippen LogP contribution in [0.5, 0.6) is 0 Å². The van der Waals surface area contributed by atoms with Gasteiger partial charge in [0.25, 0.3) is 0 Å². The van der Waals surface area contributed by atoms with E-state index < -0.39 is 6.10 Å². The van der Waals surface area contributed by atoms with Crippen LogP contribution >= 0.6 is 0 Å². The third-order valence-corrected chi connectivity index (χ3v) is 3.12. The van der Waals surface area contributed by atoms with Crippen molar-refractivity contribution in [1.82, 2.24) is 18.9 Å². The first-order chi connectivity index (χ1) is 9.29. The molecule has 3 aromatic rings. The Bertz CT molecular complexity index is 652. The fourth-order valence-corrected chi connectivity index (χ4v) is 2.22.